The summed E-state index contributed by atoms with van der Waals surface area (Å²) in [4.78, 5) is 4.20. The second kappa shape index (κ2) is 7.17. The fourth-order valence-electron chi connectivity index (χ4n) is 3.01. The molecule has 0 unspecified atom stereocenters. The van der Waals surface area contributed by atoms with Crippen molar-refractivity contribution >= 4 is 12.4 Å². The minimum Gasteiger partial charge on any atom is -0.338 e. The van der Waals surface area contributed by atoms with Crippen LogP contribution in [0.15, 0.2) is 28.8 Å². The van der Waals surface area contributed by atoms with E-state index in [0.717, 1.165) is 31.2 Å². The maximum Gasteiger partial charge on any atom is 0.240 e. The molecule has 0 radical (unpaired) electrons. The monoisotopic (exact) mass is 326 g/mol. The van der Waals surface area contributed by atoms with Gasteiger partial charge in [0.25, 0.3) is 0 Å². The molecule has 0 aliphatic heterocycles. The lowest BCUT2D eigenvalue weighted by atomic mass is 9.88. The molecule has 0 spiro atoms. The van der Waals surface area contributed by atoms with E-state index >= 15 is 0 Å². The van der Waals surface area contributed by atoms with Crippen LogP contribution < -0.4 is 11.1 Å². The number of rotatable bonds is 5. The summed E-state index contributed by atoms with van der Waals surface area (Å²) >= 11 is 0. The van der Waals surface area contributed by atoms with Crippen molar-refractivity contribution in [3.63, 3.8) is 0 Å². The van der Waals surface area contributed by atoms with Crippen molar-refractivity contribution in [3.8, 4) is 0 Å². The van der Waals surface area contributed by atoms with Gasteiger partial charge in [0.05, 0.1) is 13.1 Å². The Labute approximate surface area is 134 Å². The standard InChI is InChI=1S/C15H19FN4O.ClH/c16-12-5-3-11(4-6-12)15(7-1-2-8-15)18-10-13-19-14(9-17)21-20-13;/h3-6,18H,1-2,7-10,17H2;1H. The Bertz CT molecular complexity index is 596. The third kappa shape index (κ3) is 3.45. The van der Waals surface area contributed by atoms with E-state index in [4.69, 9.17) is 10.3 Å². The topological polar surface area (TPSA) is 77.0 Å². The number of halogens is 2. The third-order valence-electron chi connectivity index (χ3n) is 4.12. The van der Waals surface area contributed by atoms with Crippen molar-refractivity contribution in [2.45, 2.75) is 44.3 Å². The molecule has 1 saturated carbocycles. The maximum absolute atomic E-state index is 13.1. The van der Waals surface area contributed by atoms with Crippen LogP contribution in [0.3, 0.4) is 0 Å². The number of aromatic nitrogens is 2. The quantitative estimate of drug-likeness (QED) is 0.883. The van der Waals surface area contributed by atoms with Crippen LogP contribution >= 0.6 is 12.4 Å². The molecule has 0 bridgehead atoms. The lowest BCUT2D eigenvalue weighted by Gasteiger charge is -2.30. The molecule has 7 heteroatoms. The zero-order valence-electron chi connectivity index (χ0n) is 12.2. The lowest BCUT2D eigenvalue weighted by molar-refractivity contribution is 0.326. The van der Waals surface area contributed by atoms with Crippen LogP contribution in [-0.2, 0) is 18.6 Å². The zero-order chi connectivity index (χ0) is 14.7. The average molecular weight is 327 g/mol. The number of nitrogens with one attached hydrogen (secondary N) is 1. The molecular weight excluding hydrogens is 307 g/mol. The van der Waals surface area contributed by atoms with Gasteiger partial charge in [-0.05, 0) is 30.5 Å². The molecule has 0 amide bonds. The zero-order valence-corrected chi connectivity index (χ0v) is 13.0. The van der Waals surface area contributed by atoms with E-state index < -0.39 is 0 Å². The Morgan fingerprint density at radius 1 is 1.23 bits per heavy atom. The van der Waals surface area contributed by atoms with Crippen molar-refractivity contribution < 1.29 is 8.91 Å². The number of benzene rings is 1. The van der Waals surface area contributed by atoms with E-state index in [1.807, 2.05) is 12.1 Å². The van der Waals surface area contributed by atoms with Gasteiger partial charge in [0.1, 0.15) is 5.82 Å². The van der Waals surface area contributed by atoms with Gasteiger partial charge in [0.15, 0.2) is 5.82 Å². The van der Waals surface area contributed by atoms with E-state index in [9.17, 15) is 4.39 Å². The van der Waals surface area contributed by atoms with Gasteiger partial charge in [-0.15, -0.1) is 12.4 Å². The van der Waals surface area contributed by atoms with Crippen LogP contribution in [0, 0.1) is 5.82 Å². The Hall–Kier alpha value is -1.50. The van der Waals surface area contributed by atoms with Gasteiger partial charge < -0.3 is 15.6 Å². The molecule has 3 rings (SSSR count). The van der Waals surface area contributed by atoms with Crippen LogP contribution in [0.4, 0.5) is 4.39 Å². The molecule has 120 valence electrons. The molecule has 1 fully saturated rings. The van der Waals surface area contributed by atoms with Crippen molar-refractivity contribution in [2.75, 3.05) is 0 Å². The molecule has 1 aliphatic rings. The Morgan fingerprint density at radius 2 is 1.91 bits per heavy atom. The predicted molar refractivity (Wildman–Crippen MR) is 82.8 cm³/mol. The summed E-state index contributed by atoms with van der Waals surface area (Å²) in [6.07, 6.45) is 4.37. The van der Waals surface area contributed by atoms with Crippen LogP contribution in [0.5, 0.6) is 0 Å². The van der Waals surface area contributed by atoms with Crippen LogP contribution in [0.25, 0.3) is 0 Å². The minimum absolute atomic E-state index is 0. The normalized spacial score (nSPS) is 16.5. The third-order valence-corrected chi connectivity index (χ3v) is 4.12. The molecular formula is C15H20ClFN4O. The van der Waals surface area contributed by atoms with Crippen LogP contribution in [0.2, 0.25) is 0 Å². The molecule has 0 saturated heterocycles. The van der Waals surface area contributed by atoms with E-state index in [2.05, 4.69) is 15.5 Å². The van der Waals surface area contributed by atoms with Crippen LogP contribution in [0.1, 0.15) is 43.0 Å². The highest BCUT2D eigenvalue weighted by atomic mass is 35.5. The number of nitrogens with two attached hydrogens (primary N) is 1. The number of hydrogen-bond acceptors (Lipinski definition) is 5. The Kier molecular flexibility index (Phi) is 5.50. The molecule has 2 aromatic rings. The molecule has 0 atom stereocenters. The van der Waals surface area contributed by atoms with Crippen molar-refractivity contribution in [3.05, 3.63) is 47.4 Å². The molecule has 1 aliphatic carbocycles. The first-order valence-corrected chi connectivity index (χ1v) is 7.24. The molecule has 5 nitrogen and oxygen atoms in total. The summed E-state index contributed by atoms with van der Waals surface area (Å²) in [6.45, 7) is 0.761. The van der Waals surface area contributed by atoms with Gasteiger partial charge in [-0.3, -0.25) is 0 Å². The first-order valence-electron chi connectivity index (χ1n) is 7.24. The first kappa shape index (κ1) is 16.9. The Balaban J connectivity index is 0.00000176. The first-order chi connectivity index (χ1) is 10.2. The van der Waals surface area contributed by atoms with Gasteiger partial charge in [0, 0.05) is 5.54 Å². The molecule has 3 N–H and O–H groups in total. The van der Waals surface area contributed by atoms with E-state index in [1.165, 1.54) is 12.1 Å². The largest absolute Gasteiger partial charge is 0.338 e. The summed E-state index contributed by atoms with van der Waals surface area (Å²) in [6, 6.07) is 6.74. The van der Waals surface area contributed by atoms with E-state index in [0.29, 0.717) is 18.3 Å². The van der Waals surface area contributed by atoms with Gasteiger partial charge in [-0.2, -0.15) is 4.98 Å². The molecule has 1 aromatic carbocycles. The molecule has 1 heterocycles. The highest BCUT2D eigenvalue weighted by Gasteiger charge is 2.35. The van der Waals surface area contributed by atoms with Gasteiger partial charge in [-0.25, -0.2) is 4.39 Å². The van der Waals surface area contributed by atoms with Gasteiger partial charge in [-0.1, -0.05) is 30.1 Å². The Morgan fingerprint density at radius 3 is 2.50 bits per heavy atom. The van der Waals surface area contributed by atoms with Crippen molar-refractivity contribution in [1.82, 2.24) is 15.5 Å². The second-order valence-electron chi connectivity index (χ2n) is 5.46. The van der Waals surface area contributed by atoms with E-state index in [-0.39, 0.29) is 30.3 Å². The predicted octanol–water partition coefficient (Wildman–Crippen LogP) is 2.65. The fraction of sp³-hybridized carbons (Fsp3) is 0.467. The smallest absolute Gasteiger partial charge is 0.240 e. The average Bonchev–Trinajstić information content (AvgIpc) is 3.16. The SMILES string of the molecule is Cl.NCc1nc(CNC2(c3ccc(F)cc3)CCCC2)no1. The highest BCUT2D eigenvalue weighted by Crippen LogP contribution is 2.38. The van der Waals surface area contributed by atoms with E-state index in [1.54, 1.807) is 0 Å². The second-order valence-corrected chi connectivity index (χ2v) is 5.46. The summed E-state index contributed by atoms with van der Waals surface area (Å²) in [5.74, 6) is 0.829. The van der Waals surface area contributed by atoms with Crippen molar-refractivity contribution in [2.24, 2.45) is 5.73 Å². The summed E-state index contributed by atoms with van der Waals surface area (Å²) in [5.41, 5.74) is 6.45. The lowest BCUT2D eigenvalue weighted by Crippen LogP contribution is -2.39. The minimum atomic E-state index is -0.211. The summed E-state index contributed by atoms with van der Waals surface area (Å²) in [7, 11) is 0. The number of hydrogen-bond donors (Lipinski definition) is 2. The highest BCUT2D eigenvalue weighted by molar-refractivity contribution is 5.85. The number of nitrogens with zero attached hydrogens (tertiary/aromatic N) is 2. The van der Waals surface area contributed by atoms with Crippen LogP contribution in [-0.4, -0.2) is 10.1 Å². The summed E-state index contributed by atoms with van der Waals surface area (Å²) < 4.78 is 18.1. The van der Waals surface area contributed by atoms with Gasteiger partial charge in [0.2, 0.25) is 5.89 Å². The fourth-order valence-corrected chi connectivity index (χ4v) is 3.01. The van der Waals surface area contributed by atoms with Crippen molar-refractivity contribution in [1.29, 1.82) is 0 Å². The van der Waals surface area contributed by atoms with Gasteiger partial charge >= 0.3 is 0 Å². The maximum atomic E-state index is 13.1. The summed E-state index contributed by atoms with van der Waals surface area (Å²) in [5, 5.41) is 7.43. The molecule has 1 aromatic heterocycles. The molecule has 22 heavy (non-hydrogen) atoms.